The Hall–Kier alpha value is -2.08. The van der Waals surface area contributed by atoms with Crippen molar-refractivity contribution in [3.05, 3.63) is 71.3 Å². The largest absolute Gasteiger partial charge is 0.0616 e. The molecule has 0 nitrogen and oxygen atoms in total. The Kier molecular flexibility index (Phi) is 2.87. The maximum atomic E-state index is 2.29. The fraction of sp³-hybridized carbons (Fsp3) is 0.158. The van der Waals surface area contributed by atoms with Gasteiger partial charge >= 0.3 is 0 Å². The highest BCUT2D eigenvalue weighted by Gasteiger charge is 2.04. The molecule has 94 valence electrons. The molecule has 0 N–H and O–H groups in total. The molecule has 0 aromatic heterocycles. The monoisotopic (exact) mass is 246 g/mol. The van der Waals surface area contributed by atoms with Crippen LogP contribution < -0.4 is 0 Å². The normalized spacial score (nSPS) is 10.9. The first-order valence-corrected chi connectivity index (χ1v) is 6.71. The number of rotatable bonds is 1. The smallest absolute Gasteiger partial charge is 0.0154 e. The van der Waals surface area contributed by atoms with E-state index in [1.54, 1.807) is 0 Å². The summed E-state index contributed by atoms with van der Waals surface area (Å²) in [5, 5.41) is 2.66. The van der Waals surface area contributed by atoms with Gasteiger partial charge in [0.05, 0.1) is 0 Å². The molecule has 0 bridgehead atoms. The maximum Gasteiger partial charge on any atom is -0.0154 e. The summed E-state index contributed by atoms with van der Waals surface area (Å²) >= 11 is 0. The highest BCUT2D eigenvalue weighted by Crippen LogP contribution is 2.28. The third kappa shape index (κ3) is 2.26. The van der Waals surface area contributed by atoms with E-state index < -0.39 is 0 Å². The summed E-state index contributed by atoms with van der Waals surface area (Å²) in [5.74, 6) is 0. The molecule has 0 unspecified atom stereocenters. The summed E-state index contributed by atoms with van der Waals surface area (Å²) in [6.07, 6.45) is 0. The molecule has 0 atom stereocenters. The van der Waals surface area contributed by atoms with Crippen molar-refractivity contribution in [3.63, 3.8) is 0 Å². The molecule has 0 heteroatoms. The van der Waals surface area contributed by atoms with Crippen molar-refractivity contribution >= 4 is 10.8 Å². The van der Waals surface area contributed by atoms with Crippen LogP contribution in [0.1, 0.15) is 16.7 Å². The molecule has 0 radical (unpaired) electrons. The van der Waals surface area contributed by atoms with Crippen LogP contribution in [0, 0.1) is 20.8 Å². The Labute approximate surface area is 114 Å². The molecule has 0 heterocycles. The molecule has 3 rings (SSSR count). The predicted molar refractivity (Wildman–Crippen MR) is 83.6 cm³/mol. The third-order valence-corrected chi connectivity index (χ3v) is 3.62. The molecule has 0 spiro atoms. The van der Waals surface area contributed by atoms with E-state index >= 15 is 0 Å². The summed E-state index contributed by atoms with van der Waals surface area (Å²) in [7, 11) is 0. The minimum absolute atomic E-state index is 1.31. The standard InChI is InChI=1S/C19H18/c1-13-8-14(2)10-17(9-13)18-11-15(3)19-7-5-4-6-16(19)12-18/h4-12H,1-3H3. The van der Waals surface area contributed by atoms with Crippen LogP contribution >= 0.6 is 0 Å². The first-order valence-electron chi connectivity index (χ1n) is 6.71. The van der Waals surface area contributed by atoms with Gasteiger partial charge in [-0.2, -0.15) is 0 Å². The van der Waals surface area contributed by atoms with E-state index in [-0.39, 0.29) is 0 Å². The van der Waals surface area contributed by atoms with Gasteiger partial charge in [0.15, 0.2) is 0 Å². The van der Waals surface area contributed by atoms with Gasteiger partial charge in [0.1, 0.15) is 0 Å². The van der Waals surface area contributed by atoms with Crippen LogP contribution in [0.3, 0.4) is 0 Å². The van der Waals surface area contributed by atoms with E-state index in [0.29, 0.717) is 0 Å². The van der Waals surface area contributed by atoms with Gasteiger partial charge in [-0.3, -0.25) is 0 Å². The zero-order valence-corrected chi connectivity index (χ0v) is 11.7. The fourth-order valence-electron chi connectivity index (χ4n) is 2.81. The maximum absolute atomic E-state index is 2.29. The molecule has 0 aliphatic heterocycles. The van der Waals surface area contributed by atoms with Crippen LogP contribution in [0.4, 0.5) is 0 Å². The van der Waals surface area contributed by atoms with Crippen LogP contribution in [0.15, 0.2) is 54.6 Å². The van der Waals surface area contributed by atoms with Gasteiger partial charge in [-0.1, -0.05) is 59.7 Å². The highest BCUT2D eigenvalue weighted by molar-refractivity contribution is 5.90. The average Bonchev–Trinajstić information content (AvgIpc) is 2.37. The van der Waals surface area contributed by atoms with Crippen molar-refractivity contribution in [1.82, 2.24) is 0 Å². The molecule has 0 saturated carbocycles. The van der Waals surface area contributed by atoms with Crippen LogP contribution in [-0.4, -0.2) is 0 Å². The minimum atomic E-state index is 1.31. The SMILES string of the molecule is Cc1cc(C)cc(-c2cc(C)c3ccccc3c2)c1. The summed E-state index contributed by atoms with van der Waals surface area (Å²) in [4.78, 5) is 0. The topological polar surface area (TPSA) is 0 Å². The molecule has 0 aliphatic rings. The second kappa shape index (κ2) is 4.55. The second-order valence-electron chi connectivity index (χ2n) is 5.39. The number of fused-ring (bicyclic) bond motifs is 1. The molecular weight excluding hydrogens is 228 g/mol. The molecule has 0 fully saturated rings. The van der Waals surface area contributed by atoms with E-state index in [1.807, 2.05) is 0 Å². The van der Waals surface area contributed by atoms with Crippen LogP contribution in [0.5, 0.6) is 0 Å². The van der Waals surface area contributed by atoms with Crippen molar-refractivity contribution in [1.29, 1.82) is 0 Å². The lowest BCUT2D eigenvalue weighted by Gasteiger charge is -2.09. The molecule has 3 aromatic rings. The van der Waals surface area contributed by atoms with Crippen molar-refractivity contribution in [2.24, 2.45) is 0 Å². The molecule has 0 amide bonds. The Morgan fingerprint density at radius 1 is 0.632 bits per heavy atom. The van der Waals surface area contributed by atoms with Gasteiger partial charge in [-0.05, 0) is 54.3 Å². The van der Waals surface area contributed by atoms with E-state index in [0.717, 1.165) is 0 Å². The van der Waals surface area contributed by atoms with Crippen molar-refractivity contribution in [2.45, 2.75) is 20.8 Å². The first-order chi connectivity index (χ1) is 9.13. The number of hydrogen-bond donors (Lipinski definition) is 0. The summed E-state index contributed by atoms with van der Waals surface area (Å²) in [5.41, 5.74) is 6.60. The zero-order valence-electron chi connectivity index (χ0n) is 11.7. The Morgan fingerprint density at radius 3 is 2.00 bits per heavy atom. The number of hydrogen-bond acceptors (Lipinski definition) is 0. The van der Waals surface area contributed by atoms with E-state index in [2.05, 4.69) is 75.4 Å². The lowest BCUT2D eigenvalue weighted by Crippen LogP contribution is -1.85. The van der Waals surface area contributed by atoms with Crippen LogP contribution in [0.25, 0.3) is 21.9 Å². The summed E-state index contributed by atoms with van der Waals surface area (Å²) in [6.45, 7) is 6.50. The van der Waals surface area contributed by atoms with Gasteiger partial charge in [-0.25, -0.2) is 0 Å². The van der Waals surface area contributed by atoms with Gasteiger partial charge < -0.3 is 0 Å². The quantitative estimate of drug-likeness (QED) is 0.537. The molecular formula is C19H18. The Bertz CT molecular complexity index is 731. The number of aryl methyl sites for hydroxylation is 3. The zero-order chi connectivity index (χ0) is 13.4. The van der Waals surface area contributed by atoms with Crippen molar-refractivity contribution in [2.75, 3.05) is 0 Å². The lowest BCUT2D eigenvalue weighted by atomic mass is 9.95. The van der Waals surface area contributed by atoms with Gasteiger partial charge in [-0.15, -0.1) is 0 Å². The van der Waals surface area contributed by atoms with E-state index in [1.165, 1.54) is 38.6 Å². The van der Waals surface area contributed by atoms with Crippen LogP contribution in [-0.2, 0) is 0 Å². The molecule has 0 saturated heterocycles. The third-order valence-electron chi connectivity index (χ3n) is 3.62. The van der Waals surface area contributed by atoms with Crippen LogP contribution in [0.2, 0.25) is 0 Å². The lowest BCUT2D eigenvalue weighted by molar-refractivity contribution is 1.38. The Balaban J connectivity index is 2.25. The first kappa shape index (κ1) is 12.0. The molecule has 0 aliphatic carbocycles. The highest BCUT2D eigenvalue weighted by atomic mass is 14.1. The van der Waals surface area contributed by atoms with Gasteiger partial charge in [0.2, 0.25) is 0 Å². The Morgan fingerprint density at radius 2 is 1.26 bits per heavy atom. The average molecular weight is 246 g/mol. The number of benzene rings is 3. The van der Waals surface area contributed by atoms with Crippen molar-refractivity contribution < 1.29 is 0 Å². The van der Waals surface area contributed by atoms with Gasteiger partial charge in [0.25, 0.3) is 0 Å². The second-order valence-corrected chi connectivity index (χ2v) is 5.39. The molecule has 3 aromatic carbocycles. The minimum Gasteiger partial charge on any atom is -0.0616 e. The predicted octanol–water partition coefficient (Wildman–Crippen LogP) is 5.43. The van der Waals surface area contributed by atoms with E-state index in [4.69, 9.17) is 0 Å². The fourth-order valence-corrected chi connectivity index (χ4v) is 2.81. The summed E-state index contributed by atoms with van der Waals surface area (Å²) in [6, 6.07) is 19.9. The van der Waals surface area contributed by atoms with E-state index in [9.17, 15) is 0 Å². The van der Waals surface area contributed by atoms with Gasteiger partial charge in [0, 0.05) is 0 Å². The molecule has 19 heavy (non-hydrogen) atoms. The summed E-state index contributed by atoms with van der Waals surface area (Å²) < 4.78 is 0. The van der Waals surface area contributed by atoms with Crippen molar-refractivity contribution in [3.8, 4) is 11.1 Å².